The summed E-state index contributed by atoms with van der Waals surface area (Å²) in [7, 11) is 0. The maximum atomic E-state index is 15.4. The van der Waals surface area contributed by atoms with Gasteiger partial charge in [0, 0.05) is 64.9 Å². The molecular weight excluding hydrogens is 587 g/mol. The summed E-state index contributed by atoms with van der Waals surface area (Å²) < 4.78 is 75.9. The first-order valence-corrected chi connectivity index (χ1v) is 15.2. The molecule has 1 aromatic heterocycles. The van der Waals surface area contributed by atoms with Gasteiger partial charge in [-0.3, -0.25) is 9.36 Å². The standard InChI is InChI=1S/C31H31F5N4O2S/c1-5-24(41)40-17(3)12-38(13-18(40)4)28-20-10-21(31(34,35)36)25(19-9-16(2)22(32)11-23(19)33)27-26(20)39(29(42)37-28)14-30(15-43-27)7-6-8-30/h5,9-11,17-18H,1,6-8,12-15H2,2-4H3/t17-,18+. The average Bonchev–Trinajstić information content (AvgIpc) is 3.10. The second kappa shape index (κ2) is 10.3. The highest BCUT2D eigenvalue weighted by atomic mass is 32.2. The van der Waals surface area contributed by atoms with E-state index in [1.807, 2.05) is 13.8 Å². The van der Waals surface area contributed by atoms with E-state index in [1.54, 1.807) is 9.80 Å². The molecule has 0 unspecified atom stereocenters. The van der Waals surface area contributed by atoms with Crippen molar-refractivity contribution in [2.75, 3.05) is 23.7 Å². The van der Waals surface area contributed by atoms with E-state index < -0.39 is 34.6 Å². The Morgan fingerprint density at radius 1 is 1.12 bits per heavy atom. The molecule has 3 heterocycles. The number of anilines is 1. The van der Waals surface area contributed by atoms with Crippen LogP contribution in [0.4, 0.5) is 27.8 Å². The predicted octanol–water partition coefficient (Wildman–Crippen LogP) is 6.56. The molecular formula is C31H31F5N4O2S. The smallest absolute Gasteiger partial charge is 0.352 e. The van der Waals surface area contributed by atoms with Crippen LogP contribution in [0.3, 0.4) is 0 Å². The molecule has 2 aromatic carbocycles. The van der Waals surface area contributed by atoms with E-state index in [4.69, 9.17) is 0 Å². The number of rotatable bonds is 3. The Morgan fingerprint density at radius 3 is 2.37 bits per heavy atom. The van der Waals surface area contributed by atoms with Crippen molar-refractivity contribution in [2.24, 2.45) is 5.41 Å². The lowest BCUT2D eigenvalue weighted by atomic mass is 9.70. The van der Waals surface area contributed by atoms with Crippen molar-refractivity contribution in [2.45, 2.75) is 69.7 Å². The molecule has 43 heavy (non-hydrogen) atoms. The van der Waals surface area contributed by atoms with Gasteiger partial charge in [0.15, 0.2) is 0 Å². The molecule has 228 valence electrons. The fourth-order valence-corrected chi connectivity index (χ4v) is 8.43. The van der Waals surface area contributed by atoms with E-state index in [9.17, 15) is 27.2 Å². The number of nitrogens with zero attached hydrogens (tertiary/aromatic N) is 4. The lowest BCUT2D eigenvalue weighted by Gasteiger charge is -2.45. The van der Waals surface area contributed by atoms with Crippen LogP contribution >= 0.6 is 11.8 Å². The van der Waals surface area contributed by atoms with Crippen LogP contribution in [0, 0.1) is 24.0 Å². The highest BCUT2D eigenvalue weighted by molar-refractivity contribution is 7.99. The van der Waals surface area contributed by atoms with Crippen molar-refractivity contribution in [1.82, 2.24) is 14.5 Å². The molecule has 6 nitrogen and oxygen atoms in total. The van der Waals surface area contributed by atoms with E-state index in [2.05, 4.69) is 11.6 Å². The predicted molar refractivity (Wildman–Crippen MR) is 156 cm³/mol. The largest absolute Gasteiger partial charge is 0.417 e. The highest BCUT2D eigenvalue weighted by Gasteiger charge is 2.44. The number of piperazine rings is 1. The van der Waals surface area contributed by atoms with E-state index in [1.165, 1.54) is 29.3 Å². The van der Waals surface area contributed by atoms with Crippen molar-refractivity contribution in [3.05, 3.63) is 64.1 Å². The van der Waals surface area contributed by atoms with Gasteiger partial charge in [0.1, 0.15) is 17.5 Å². The highest BCUT2D eigenvalue weighted by Crippen LogP contribution is 2.54. The minimum Gasteiger partial charge on any atom is -0.352 e. The van der Waals surface area contributed by atoms with Gasteiger partial charge in [-0.25, -0.2) is 13.6 Å². The molecule has 1 amide bonds. The Morgan fingerprint density at radius 2 is 1.79 bits per heavy atom. The minimum atomic E-state index is -4.90. The van der Waals surface area contributed by atoms with E-state index >= 15 is 4.39 Å². The first-order valence-electron chi connectivity index (χ1n) is 14.2. The lowest BCUT2D eigenvalue weighted by molar-refractivity contribution is -0.137. The van der Waals surface area contributed by atoms with Gasteiger partial charge in [-0.1, -0.05) is 13.0 Å². The number of hydrogen-bond donors (Lipinski definition) is 0. The summed E-state index contributed by atoms with van der Waals surface area (Å²) in [5, 5.41) is 0.136. The maximum absolute atomic E-state index is 15.4. The number of aromatic nitrogens is 2. The molecule has 2 atom stereocenters. The molecule has 12 heteroatoms. The number of hydrogen-bond acceptors (Lipinski definition) is 5. The Balaban J connectivity index is 1.66. The van der Waals surface area contributed by atoms with Crippen molar-refractivity contribution in [3.8, 4) is 11.1 Å². The Bertz CT molecular complexity index is 1720. The normalized spacial score (nSPS) is 21.6. The van der Waals surface area contributed by atoms with Gasteiger partial charge in [-0.05, 0) is 62.8 Å². The molecule has 1 aliphatic carbocycles. The van der Waals surface area contributed by atoms with Crippen LogP contribution < -0.4 is 10.6 Å². The Hall–Kier alpha value is -3.41. The van der Waals surface area contributed by atoms with Crippen LogP contribution in [0.1, 0.15) is 44.2 Å². The van der Waals surface area contributed by atoms with Crippen LogP contribution in [0.2, 0.25) is 0 Å². The Labute approximate surface area is 249 Å². The van der Waals surface area contributed by atoms with Crippen molar-refractivity contribution >= 4 is 34.4 Å². The SMILES string of the molecule is C=CC(=O)N1[C@H](C)CN(c2nc(=O)n3c4c(c(-c5cc(C)c(F)cc5F)c(C(F)(F)F)cc24)SCC2(CCC2)C3)C[C@@H]1C. The van der Waals surface area contributed by atoms with Crippen LogP contribution in [-0.4, -0.2) is 51.3 Å². The van der Waals surface area contributed by atoms with E-state index in [0.717, 1.165) is 31.4 Å². The number of thioether (sulfide) groups is 1. The summed E-state index contributed by atoms with van der Waals surface area (Å²) in [5.41, 5.74) is -2.44. The van der Waals surface area contributed by atoms with Gasteiger partial charge in [-0.2, -0.15) is 18.2 Å². The number of carbonyl (C=O) groups excluding carboxylic acids is 1. The van der Waals surface area contributed by atoms with Gasteiger partial charge < -0.3 is 9.80 Å². The Kier molecular flexibility index (Phi) is 7.14. The van der Waals surface area contributed by atoms with E-state index in [-0.39, 0.29) is 69.2 Å². The number of halogens is 5. The first-order chi connectivity index (χ1) is 20.2. The fraction of sp³-hybridized carbons (Fsp3) is 0.452. The summed E-state index contributed by atoms with van der Waals surface area (Å²) in [5.74, 6) is -1.68. The zero-order chi connectivity index (χ0) is 31.0. The van der Waals surface area contributed by atoms with Gasteiger partial charge in [0.2, 0.25) is 5.91 Å². The van der Waals surface area contributed by atoms with Crippen molar-refractivity contribution in [1.29, 1.82) is 0 Å². The zero-order valence-electron chi connectivity index (χ0n) is 24.0. The summed E-state index contributed by atoms with van der Waals surface area (Å²) in [6.45, 7) is 9.34. The second-order valence-corrected chi connectivity index (χ2v) is 13.1. The third-order valence-corrected chi connectivity index (χ3v) is 10.5. The van der Waals surface area contributed by atoms with Crippen LogP contribution in [0.25, 0.3) is 22.0 Å². The summed E-state index contributed by atoms with van der Waals surface area (Å²) >= 11 is 1.20. The molecule has 2 aliphatic heterocycles. The van der Waals surface area contributed by atoms with Gasteiger partial charge in [-0.15, -0.1) is 11.8 Å². The van der Waals surface area contributed by atoms with Crippen molar-refractivity contribution < 1.29 is 26.7 Å². The summed E-state index contributed by atoms with van der Waals surface area (Å²) in [4.78, 5) is 34.2. The molecule has 1 saturated carbocycles. The molecule has 6 rings (SSSR count). The number of amides is 1. The molecule has 1 spiro atoms. The monoisotopic (exact) mass is 618 g/mol. The topological polar surface area (TPSA) is 58.4 Å². The molecule has 2 fully saturated rings. The van der Waals surface area contributed by atoms with Crippen LogP contribution in [-0.2, 0) is 17.5 Å². The van der Waals surface area contributed by atoms with Gasteiger partial charge >= 0.3 is 11.9 Å². The lowest BCUT2D eigenvalue weighted by Crippen LogP contribution is -2.58. The zero-order valence-corrected chi connectivity index (χ0v) is 24.8. The molecule has 0 bridgehead atoms. The quantitative estimate of drug-likeness (QED) is 0.246. The molecule has 0 N–H and O–H groups in total. The van der Waals surface area contributed by atoms with E-state index in [0.29, 0.717) is 18.4 Å². The van der Waals surface area contributed by atoms with Gasteiger partial charge in [0.25, 0.3) is 0 Å². The van der Waals surface area contributed by atoms with Crippen LogP contribution in [0.15, 0.2) is 40.5 Å². The molecule has 1 saturated heterocycles. The number of alkyl halides is 3. The molecule has 0 radical (unpaired) electrons. The fourth-order valence-electron chi connectivity index (χ4n) is 6.88. The first kappa shape index (κ1) is 29.7. The second-order valence-electron chi connectivity index (χ2n) is 12.1. The molecule has 3 aromatic rings. The third kappa shape index (κ3) is 4.81. The number of aryl methyl sites for hydroxylation is 1. The number of carbonyl (C=O) groups is 1. The van der Waals surface area contributed by atoms with Gasteiger partial charge in [0.05, 0.1) is 11.1 Å². The molecule has 3 aliphatic rings. The summed E-state index contributed by atoms with van der Waals surface area (Å²) in [6.07, 6.45) is -1.12. The summed E-state index contributed by atoms with van der Waals surface area (Å²) in [6, 6.07) is 1.99. The minimum absolute atomic E-state index is 0.00799. The third-order valence-electron chi connectivity index (χ3n) is 9.10. The number of benzene rings is 2. The average molecular weight is 619 g/mol. The maximum Gasteiger partial charge on any atom is 0.417 e. The van der Waals surface area contributed by atoms with Crippen molar-refractivity contribution in [3.63, 3.8) is 0 Å². The van der Waals surface area contributed by atoms with Crippen LogP contribution in [0.5, 0.6) is 0 Å².